The van der Waals surface area contributed by atoms with E-state index in [4.69, 9.17) is 0 Å². The van der Waals surface area contributed by atoms with Crippen LogP contribution >= 0.6 is 24.8 Å². The summed E-state index contributed by atoms with van der Waals surface area (Å²) in [5, 5.41) is 0. The summed E-state index contributed by atoms with van der Waals surface area (Å²) in [5.41, 5.74) is 0. The fraction of sp³-hybridized carbons (Fsp3) is 0.750. The molecule has 2 rings (SSSR count). The molecule has 0 radical (unpaired) electrons. The third-order valence-corrected chi connectivity index (χ3v) is 5.70. The minimum absolute atomic E-state index is 0. The van der Waals surface area contributed by atoms with Crippen molar-refractivity contribution in [1.82, 2.24) is 19.1 Å². The first kappa shape index (κ1) is 29.0. The molecule has 0 bridgehead atoms. The molecule has 4 nitrogen and oxygen atoms in total. The summed E-state index contributed by atoms with van der Waals surface area (Å²) in [6, 6.07) is 0. The van der Waals surface area contributed by atoms with Gasteiger partial charge in [0.2, 0.25) is 0 Å². The molecule has 0 aliphatic carbocycles. The van der Waals surface area contributed by atoms with Crippen LogP contribution in [0.1, 0.15) is 103 Å². The third kappa shape index (κ3) is 15.8. The van der Waals surface area contributed by atoms with Gasteiger partial charge < -0.3 is 9.13 Å². The Labute approximate surface area is 197 Å². The van der Waals surface area contributed by atoms with Crippen LogP contribution in [0.25, 0.3) is 0 Å². The standard InChI is InChI=1S/C24H42N4.2ClH/c1(3-5-7-9-11-13-15-19-27-21-17-25-23-27)2-4-6-8-10-12-14-16-20-28-22-18-26-24-28;;/h17-18,21-24H,1-16,19-20H2;2*1H. The van der Waals surface area contributed by atoms with Crippen LogP contribution < -0.4 is 0 Å². The van der Waals surface area contributed by atoms with Crippen LogP contribution in [0.15, 0.2) is 37.4 Å². The molecule has 0 fully saturated rings. The largest absolute Gasteiger partial charge is 0.337 e. The Hall–Kier alpha value is -1.00. The molecule has 0 amide bonds. The minimum atomic E-state index is 0. The van der Waals surface area contributed by atoms with Crippen molar-refractivity contribution in [3.8, 4) is 0 Å². The van der Waals surface area contributed by atoms with E-state index in [9.17, 15) is 0 Å². The highest BCUT2D eigenvalue weighted by atomic mass is 35.5. The first-order valence-corrected chi connectivity index (χ1v) is 11.9. The molecule has 2 aromatic rings. The first-order chi connectivity index (χ1) is 13.9. The fourth-order valence-corrected chi connectivity index (χ4v) is 3.90. The molecular weight excluding hydrogens is 415 g/mol. The Morgan fingerprint density at radius 1 is 0.400 bits per heavy atom. The van der Waals surface area contributed by atoms with Crippen LogP contribution in [0.3, 0.4) is 0 Å². The zero-order chi connectivity index (χ0) is 19.5. The zero-order valence-electron chi connectivity index (χ0n) is 18.8. The van der Waals surface area contributed by atoms with E-state index in [2.05, 4.69) is 31.5 Å². The summed E-state index contributed by atoms with van der Waals surface area (Å²) in [6.07, 6.45) is 34.2. The highest BCUT2D eigenvalue weighted by Crippen LogP contribution is 2.14. The second-order valence-electron chi connectivity index (χ2n) is 8.26. The predicted octanol–water partition coefficient (Wildman–Crippen LogP) is 7.87. The number of nitrogens with zero attached hydrogens (tertiary/aromatic N) is 4. The smallest absolute Gasteiger partial charge is 0.0945 e. The maximum absolute atomic E-state index is 4.09. The summed E-state index contributed by atoms with van der Waals surface area (Å²) in [6.45, 7) is 2.26. The van der Waals surface area contributed by atoms with Gasteiger partial charge in [-0.2, -0.15) is 0 Å². The Balaban J connectivity index is 0.00000420. The Kier molecular flexibility index (Phi) is 20.5. The summed E-state index contributed by atoms with van der Waals surface area (Å²) in [7, 11) is 0. The van der Waals surface area contributed by atoms with Gasteiger partial charge in [-0.05, 0) is 12.8 Å². The Morgan fingerprint density at radius 3 is 0.900 bits per heavy atom. The van der Waals surface area contributed by atoms with E-state index < -0.39 is 0 Å². The number of halogens is 2. The van der Waals surface area contributed by atoms with Crippen molar-refractivity contribution in [2.75, 3.05) is 0 Å². The van der Waals surface area contributed by atoms with Gasteiger partial charge in [-0.25, -0.2) is 9.97 Å². The second kappa shape index (κ2) is 21.2. The number of aryl methyl sites for hydroxylation is 2. The van der Waals surface area contributed by atoms with Crippen molar-refractivity contribution in [2.24, 2.45) is 0 Å². The monoisotopic (exact) mass is 458 g/mol. The van der Waals surface area contributed by atoms with E-state index >= 15 is 0 Å². The van der Waals surface area contributed by atoms with Crippen LogP contribution in [-0.2, 0) is 13.1 Å². The first-order valence-electron chi connectivity index (χ1n) is 11.9. The van der Waals surface area contributed by atoms with Gasteiger partial charge in [-0.15, -0.1) is 24.8 Å². The van der Waals surface area contributed by atoms with E-state index in [0.717, 1.165) is 13.1 Å². The normalized spacial score (nSPS) is 10.5. The van der Waals surface area contributed by atoms with Gasteiger partial charge in [0.1, 0.15) is 0 Å². The molecule has 0 aromatic carbocycles. The second-order valence-corrected chi connectivity index (χ2v) is 8.26. The van der Waals surface area contributed by atoms with E-state index in [1.54, 1.807) is 0 Å². The fourth-order valence-electron chi connectivity index (χ4n) is 3.90. The molecular formula is C24H44Cl2N4. The quantitative estimate of drug-likeness (QED) is 0.200. The molecule has 0 saturated heterocycles. The molecule has 0 spiro atoms. The summed E-state index contributed by atoms with van der Waals surface area (Å²) < 4.78 is 4.37. The van der Waals surface area contributed by atoms with Crippen LogP contribution in [0.4, 0.5) is 0 Å². The number of unbranched alkanes of at least 4 members (excludes halogenated alkanes) is 15. The predicted molar refractivity (Wildman–Crippen MR) is 133 cm³/mol. The van der Waals surface area contributed by atoms with Crippen molar-refractivity contribution < 1.29 is 0 Å². The average molecular weight is 460 g/mol. The molecule has 2 heterocycles. The van der Waals surface area contributed by atoms with Crippen molar-refractivity contribution in [1.29, 1.82) is 0 Å². The van der Waals surface area contributed by atoms with Crippen molar-refractivity contribution in [3.05, 3.63) is 37.4 Å². The Morgan fingerprint density at radius 2 is 0.667 bits per heavy atom. The lowest BCUT2D eigenvalue weighted by atomic mass is 10.0. The Bertz CT molecular complexity index is 493. The van der Waals surface area contributed by atoms with E-state index in [0.29, 0.717) is 0 Å². The van der Waals surface area contributed by atoms with Crippen LogP contribution in [0.2, 0.25) is 0 Å². The number of aromatic nitrogens is 4. The maximum atomic E-state index is 4.09. The van der Waals surface area contributed by atoms with Gasteiger partial charge in [0.05, 0.1) is 12.7 Å². The number of hydrogen-bond acceptors (Lipinski definition) is 2. The SMILES string of the molecule is Cl.Cl.c1cn(CCCCCCCCCCCCCCCCCCn2ccnc2)cn1. The average Bonchev–Trinajstić information content (AvgIpc) is 3.41. The van der Waals surface area contributed by atoms with E-state index in [1.165, 1.54) is 103 Å². The van der Waals surface area contributed by atoms with Gasteiger partial charge in [0.25, 0.3) is 0 Å². The van der Waals surface area contributed by atoms with Crippen LogP contribution in [0, 0.1) is 0 Å². The van der Waals surface area contributed by atoms with Crippen molar-refractivity contribution in [3.63, 3.8) is 0 Å². The topological polar surface area (TPSA) is 35.6 Å². The van der Waals surface area contributed by atoms with Crippen LogP contribution in [-0.4, -0.2) is 19.1 Å². The summed E-state index contributed by atoms with van der Waals surface area (Å²) >= 11 is 0. The highest BCUT2D eigenvalue weighted by Gasteiger charge is 1.96. The molecule has 0 unspecified atom stereocenters. The lowest BCUT2D eigenvalue weighted by Gasteiger charge is -2.04. The molecule has 0 aliphatic heterocycles. The van der Waals surface area contributed by atoms with Crippen molar-refractivity contribution in [2.45, 2.75) is 116 Å². The molecule has 0 N–H and O–H groups in total. The molecule has 0 saturated carbocycles. The maximum Gasteiger partial charge on any atom is 0.0945 e. The summed E-state index contributed by atoms with van der Waals surface area (Å²) in [4.78, 5) is 8.17. The van der Waals surface area contributed by atoms with Crippen LogP contribution in [0.5, 0.6) is 0 Å². The van der Waals surface area contributed by atoms with Gasteiger partial charge in [0, 0.05) is 37.9 Å². The molecule has 6 heteroatoms. The molecule has 0 aliphatic rings. The lowest BCUT2D eigenvalue weighted by Crippen LogP contribution is -1.94. The minimum Gasteiger partial charge on any atom is -0.337 e. The highest BCUT2D eigenvalue weighted by molar-refractivity contribution is 5.85. The lowest BCUT2D eigenvalue weighted by molar-refractivity contribution is 0.515. The molecule has 30 heavy (non-hydrogen) atoms. The zero-order valence-corrected chi connectivity index (χ0v) is 20.4. The van der Waals surface area contributed by atoms with E-state index in [-0.39, 0.29) is 24.8 Å². The summed E-state index contributed by atoms with van der Waals surface area (Å²) in [5.74, 6) is 0. The number of imidazole rings is 2. The third-order valence-electron chi connectivity index (χ3n) is 5.70. The molecule has 0 atom stereocenters. The van der Waals surface area contributed by atoms with Gasteiger partial charge >= 0.3 is 0 Å². The van der Waals surface area contributed by atoms with Gasteiger partial charge in [-0.3, -0.25) is 0 Å². The molecule has 174 valence electrons. The van der Waals surface area contributed by atoms with Crippen molar-refractivity contribution >= 4 is 24.8 Å². The van der Waals surface area contributed by atoms with E-state index in [1.807, 2.05) is 25.0 Å². The van der Waals surface area contributed by atoms with Gasteiger partial charge in [0.15, 0.2) is 0 Å². The van der Waals surface area contributed by atoms with Gasteiger partial charge in [-0.1, -0.05) is 89.9 Å². The molecule has 2 aromatic heterocycles. The number of hydrogen-bond donors (Lipinski definition) is 0. The number of rotatable bonds is 19.